The van der Waals surface area contributed by atoms with Gasteiger partial charge in [-0.3, -0.25) is 9.59 Å². The molecule has 4 unspecified atom stereocenters. The van der Waals surface area contributed by atoms with E-state index in [1.54, 1.807) is 4.90 Å². The number of rotatable bonds is 2. The number of nitrogens with one attached hydrogen (secondary N) is 1. The van der Waals surface area contributed by atoms with Crippen LogP contribution in [0.4, 0.5) is 0 Å². The first kappa shape index (κ1) is 14.3. The molecule has 0 spiro atoms. The van der Waals surface area contributed by atoms with E-state index in [9.17, 15) is 9.59 Å². The number of nitrogens with two attached hydrogens (primary N) is 1. The minimum Gasteiger partial charge on any atom is -0.353 e. The Morgan fingerprint density at radius 3 is 2.84 bits per heavy atom. The predicted octanol–water partition coefficient (Wildman–Crippen LogP) is 0.487. The lowest BCUT2D eigenvalue weighted by atomic mass is 9.78. The SMILES string of the molecule is CCC1C(=O)NCCN1C(=O)C1CCC(N)C(C)C1. The highest BCUT2D eigenvalue weighted by molar-refractivity contribution is 5.89. The first-order chi connectivity index (χ1) is 9.04. The molecule has 4 atom stereocenters. The summed E-state index contributed by atoms with van der Waals surface area (Å²) >= 11 is 0. The predicted molar refractivity (Wildman–Crippen MR) is 73.3 cm³/mol. The van der Waals surface area contributed by atoms with Crippen molar-refractivity contribution >= 4 is 11.8 Å². The zero-order valence-corrected chi connectivity index (χ0v) is 11.9. The summed E-state index contributed by atoms with van der Waals surface area (Å²) in [5, 5.41) is 2.83. The van der Waals surface area contributed by atoms with Crippen LogP contribution in [0.3, 0.4) is 0 Å². The number of carbonyl (C=O) groups excluding carboxylic acids is 2. The van der Waals surface area contributed by atoms with Gasteiger partial charge in [-0.05, 0) is 31.6 Å². The zero-order valence-electron chi connectivity index (χ0n) is 11.9. The van der Waals surface area contributed by atoms with Crippen LogP contribution in [-0.4, -0.2) is 41.9 Å². The van der Waals surface area contributed by atoms with Gasteiger partial charge < -0.3 is 16.0 Å². The molecule has 2 fully saturated rings. The third-order valence-corrected chi connectivity index (χ3v) is 4.59. The van der Waals surface area contributed by atoms with Crippen molar-refractivity contribution in [3.8, 4) is 0 Å². The fourth-order valence-electron chi connectivity index (χ4n) is 3.26. The fourth-order valence-corrected chi connectivity index (χ4v) is 3.26. The van der Waals surface area contributed by atoms with Crippen molar-refractivity contribution in [3.63, 3.8) is 0 Å². The van der Waals surface area contributed by atoms with E-state index in [4.69, 9.17) is 5.73 Å². The van der Waals surface area contributed by atoms with Gasteiger partial charge in [0.2, 0.25) is 11.8 Å². The normalized spacial score (nSPS) is 35.9. The van der Waals surface area contributed by atoms with E-state index in [2.05, 4.69) is 12.2 Å². The molecule has 3 N–H and O–H groups in total. The Morgan fingerprint density at radius 2 is 2.21 bits per heavy atom. The molecule has 2 rings (SSSR count). The van der Waals surface area contributed by atoms with Gasteiger partial charge in [0, 0.05) is 25.0 Å². The summed E-state index contributed by atoms with van der Waals surface area (Å²) in [5.41, 5.74) is 6.01. The lowest BCUT2D eigenvalue weighted by Gasteiger charge is -2.39. The molecule has 1 saturated heterocycles. The Labute approximate surface area is 114 Å². The van der Waals surface area contributed by atoms with Gasteiger partial charge in [0.15, 0.2) is 0 Å². The van der Waals surface area contributed by atoms with E-state index in [0.29, 0.717) is 25.4 Å². The lowest BCUT2D eigenvalue weighted by Crippen LogP contribution is -2.58. The van der Waals surface area contributed by atoms with Gasteiger partial charge in [0.1, 0.15) is 6.04 Å². The molecule has 108 valence electrons. The highest BCUT2D eigenvalue weighted by atomic mass is 16.2. The number of piperazine rings is 1. The van der Waals surface area contributed by atoms with Gasteiger partial charge in [0.05, 0.1) is 0 Å². The largest absolute Gasteiger partial charge is 0.353 e. The summed E-state index contributed by atoms with van der Waals surface area (Å²) in [7, 11) is 0. The number of nitrogens with zero attached hydrogens (tertiary/aromatic N) is 1. The van der Waals surface area contributed by atoms with Crippen molar-refractivity contribution in [2.24, 2.45) is 17.6 Å². The minimum absolute atomic E-state index is 0.0114. The Kier molecular flexibility index (Phi) is 4.45. The average molecular weight is 267 g/mol. The fraction of sp³-hybridized carbons (Fsp3) is 0.857. The molecule has 19 heavy (non-hydrogen) atoms. The Hall–Kier alpha value is -1.10. The van der Waals surface area contributed by atoms with Crippen LogP contribution in [-0.2, 0) is 9.59 Å². The lowest BCUT2D eigenvalue weighted by molar-refractivity contribution is -0.147. The zero-order chi connectivity index (χ0) is 14.0. The molecular formula is C14H25N3O2. The van der Waals surface area contributed by atoms with Crippen LogP contribution in [0.15, 0.2) is 0 Å². The molecule has 2 amide bonds. The van der Waals surface area contributed by atoms with Crippen LogP contribution in [0.1, 0.15) is 39.5 Å². The smallest absolute Gasteiger partial charge is 0.242 e. The molecule has 1 heterocycles. The summed E-state index contributed by atoms with van der Waals surface area (Å²) in [5.74, 6) is 0.583. The van der Waals surface area contributed by atoms with E-state index in [1.807, 2.05) is 6.92 Å². The quantitative estimate of drug-likeness (QED) is 0.764. The van der Waals surface area contributed by atoms with Gasteiger partial charge >= 0.3 is 0 Å². The molecule has 5 nitrogen and oxygen atoms in total. The minimum atomic E-state index is -0.285. The third-order valence-electron chi connectivity index (χ3n) is 4.59. The van der Waals surface area contributed by atoms with Crippen molar-refractivity contribution in [3.05, 3.63) is 0 Å². The number of hydrogen-bond acceptors (Lipinski definition) is 3. The van der Waals surface area contributed by atoms with Gasteiger partial charge in [-0.25, -0.2) is 0 Å². The summed E-state index contributed by atoms with van der Waals surface area (Å²) < 4.78 is 0. The highest BCUT2D eigenvalue weighted by Crippen LogP contribution is 2.30. The van der Waals surface area contributed by atoms with Gasteiger partial charge in [-0.1, -0.05) is 13.8 Å². The van der Waals surface area contributed by atoms with E-state index in [-0.39, 0.29) is 29.8 Å². The summed E-state index contributed by atoms with van der Waals surface area (Å²) in [4.78, 5) is 26.2. The van der Waals surface area contributed by atoms with Crippen LogP contribution in [0.25, 0.3) is 0 Å². The Bertz CT molecular complexity index is 359. The molecule has 0 aromatic rings. The number of carbonyl (C=O) groups is 2. The van der Waals surface area contributed by atoms with Crippen LogP contribution in [0, 0.1) is 11.8 Å². The Balaban J connectivity index is 2.04. The second-order valence-corrected chi connectivity index (χ2v) is 5.90. The Morgan fingerprint density at radius 1 is 1.47 bits per heavy atom. The van der Waals surface area contributed by atoms with Crippen LogP contribution in [0.2, 0.25) is 0 Å². The monoisotopic (exact) mass is 267 g/mol. The standard InChI is InChI=1S/C14H25N3O2/c1-3-12-13(18)16-6-7-17(12)14(19)10-4-5-11(15)9(2)8-10/h9-12H,3-8,15H2,1-2H3,(H,16,18). The van der Waals surface area contributed by atoms with E-state index in [1.165, 1.54) is 0 Å². The van der Waals surface area contributed by atoms with Crippen molar-refractivity contribution in [1.29, 1.82) is 0 Å². The van der Waals surface area contributed by atoms with Crippen molar-refractivity contribution in [2.75, 3.05) is 13.1 Å². The maximum Gasteiger partial charge on any atom is 0.242 e. The van der Waals surface area contributed by atoms with E-state index < -0.39 is 0 Å². The van der Waals surface area contributed by atoms with Crippen LogP contribution >= 0.6 is 0 Å². The molecule has 0 bridgehead atoms. The molecule has 1 saturated carbocycles. The number of amides is 2. The summed E-state index contributed by atoms with van der Waals surface area (Å²) in [6.07, 6.45) is 3.31. The van der Waals surface area contributed by atoms with Gasteiger partial charge in [-0.2, -0.15) is 0 Å². The summed E-state index contributed by atoms with van der Waals surface area (Å²) in [6, 6.07) is -0.0668. The van der Waals surface area contributed by atoms with E-state index >= 15 is 0 Å². The molecule has 5 heteroatoms. The summed E-state index contributed by atoms with van der Waals surface area (Å²) in [6.45, 7) is 5.28. The van der Waals surface area contributed by atoms with Crippen molar-refractivity contribution in [1.82, 2.24) is 10.2 Å². The second kappa shape index (κ2) is 5.90. The molecule has 0 radical (unpaired) electrons. The second-order valence-electron chi connectivity index (χ2n) is 5.90. The van der Waals surface area contributed by atoms with Gasteiger partial charge in [-0.15, -0.1) is 0 Å². The maximum absolute atomic E-state index is 12.6. The topological polar surface area (TPSA) is 75.4 Å². The number of hydrogen-bond donors (Lipinski definition) is 2. The highest BCUT2D eigenvalue weighted by Gasteiger charge is 2.37. The van der Waals surface area contributed by atoms with E-state index in [0.717, 1.165) is 19.3 Å². The van der Waals surface area contributed by atoms with Gasteiger partial charge in [0.25, 0.3) is 0 Å². The first-order valence-electron chi connectivity index (χ1n) is 7.38. The molecule has 1 aliphatic heterocycles. The maximum atomic E-state index is 12.6. The molecule has 0 aromatic carbocycles. The third kappa shape index (κ3) is 2.91. The van der Waals surface area contributed by atoms with Crippen LogP contribution < -0.4 is 11.1 Å². The van der Waals surface area contributed by atoms with Crippen molar-refractivity contribution in [2.45, 2.75) is 51.6 Å². The molecule has 1 aliphatic carbocycles. The van der Waals surface area contributed by atoms with Crippen LogP contribution in [0.5, 0.6) is 0 Å². The van der Waals surface area contributed by atoms with Crippen molar-refractivity contribution < 1.29 is 9.59 Å². The molecule has 0 aromatic heterocycles. The molecule has 2 aliphatic rings. The molecular weight excluding hydrogens is 242 g/mol. The average Bonchev–Trinajstić information content (AvgIpc) is 2.40. The first-order valence-corrected chi connectivity index (χ1v) is 7.38.